The number of nitrogens with zero attached hydrogens (tertiary/aromatic N) is 3. The summed E-state index contributed by atoms with van der Waals surface area (Å²) in [5, 5.41) is 22.0. The van der Waals surface area contributed by atoms with Crippen molar-refractivity contribution < 1.29 is 26.4 Å². The van der Waals surface area contributed by atoms with Gasteiger partial charge in [0.1, 0.15) is 4.90 Å². The van der Waals surface area contributed by atoms with Crippen molar-refractivity contribution in [2.45, 2.75) is 9.79 Å². The van der Waals surface area contributed by atoms with Gasteiger partial charge < -0.3 is 21.5 Å². The first-order valence-electron chi connectivity index (χ1n) is 10.1. The molecule has 0 amide bonds. The number of H-pyrrole nitrogens is 1. The van der Waals surface area contributed by atoms with Crippen LogP contribution in [0.1, 0.15) is 10.4 Å². The van der Waals surface area contributed by atoms with E-state index in [2.05, 4.69) is 25.9 Å². The SMILES string of the molecule is COC(=O)c1cccc(-c2ccc(S(=O)(=O)CCN)c(S(N)(=O)=O)c2-c2nn[nH]n2)c1NCCN. The second-order valence-corrected chi connectivity index (χ2v) is 10.7. The number of rotatable bonds is 10. The molecule has 0 fully saturated rings. The fraction of sp³-hybridized carbons (Fsp3) is 0.263. The fourth-order valence-corrected chi connectivity index (χ4v) is 6.27. The third kappa shape index (κ3) is 5.30. The summed E-state index contributed by atoms with van der Waals surface area (Å²) in [5.74, 6) is -1.43. The summed E-state index contributed by atoms with van der Waals surface area (Å²) in [6.45, 7) is 0.217. The van der Waals surface area contributed by atoms with E-state index in [0.717, 1.165) is 6.07 Å². The third-order valence-electron chi connectivity index (χ3n) is 4.90. The topological polar surface area (TPSA) is 239 Å². The van der Waals surface area contributed by atoms with E-state index in [-0.39, 0.29) is 47.8 Å². The van der Waals surface area contributed by atoms with Crippen LogP contribution in [0.2, 0.25) is 0 Å². The number of sulfone groups is 1. The highest BCUT2D eigenvalue weighted by atomic mass is 32.2. The maximum Gasteiger partial charge on any atom is 0.339 e. The molecule has 0 saturated heterocycles. The number of sulfonamides is 1. The summed E-state index contributed by atoms with van der Waals surface area (Å²) in [5.41, 5.74) is 11.7. The molecule has 0 radical (unpaired) electrons. The van der Waals surface area contributed by atoms with Gasteiger partial charge in [-0.3, -0.25) is 0 Å². The Hall–Kier alpha value is -3.44. The van der Waals surface area contributed by atoms with Crippen LogP contribution in [0, 0.1) is 0 Å². The van der Waals surface area contributed by atoms with Crippen LogP contribution in [-0.4, -0.2) is 75.9 Å². The number of methoxy groups -OCH3 is 1. The Labute approximate surface area is 201 Å². The number of primary sulfonamides is 1. The van der Waals surface area contributed by atoms with Crippen molar-refractivity contribution in [3.05, 3.63) is 35.9 Å². The number of carbonyl (C=O) groups is 1. The molecule has 1 heterocycles. The molecule has 0 aliphatic carbocycles. The van der Waals surface area contributed by atoms with Gasteiger partial charge in [-0.1, -0.05) is 18.2 Å². The van der Waals surface area contributed by atoms with Crippen LogP contribution in [0.4, 0.5) is 5.69 Å². The lowest BCUT2D eigenvalue weighted by molar-refractivity contribution is 0.0602. The summed E-state index contributed by atoms with van der Waals surface area (Å²) in [6.07, 6.45) is 0. The van der Waals surface area contributed by atoms with E-state index < -0.39 is 41.4 Å². The number of aromatic nitrogens is 4. The number of hydrogen-bond acceptors (Lipinski definition) is 12. The number of aromatic amines is 1. The van der Waals surface area contributed by atoms with E-state index in [1.165, 1.54) is 19.2 Å². The molecule has 0 saturated carbocycles. The van der Waals surface area contributed by atoms with E-state index in [1.54, 1.807) is 12.1 Å². The lowest BCUT2D eigenvalue weighted by atomic mass is 9.95. The molecule has 0 unspecified atom stereocenters. The van der Waals surface area contributed by atoms with Gasteiger partial charge >= 0.3 is 5.97 Å². The second kappa shape index (κ2) is 10.4. The van der Waals surface area contributed by atoms with E-state index in [9.17, 15) is 21.6 Å². The van der Waals surface area contributed by atoms with Gasteiger partial charge in [-0.25, -0.2) is 26.8 Å². The van der Waals surface area contributed by atoms with Gasteiger partial charge in [0.15, 0.2) is 9.84 Å². The largest absolute Gasteiger partial charge is 0.465 e. The van der Waals surface area contributed by atoms with Crippen molar-refractivity contribution in [2.24, 2.45) is 16.6 Å². The van der Waals surface area contributed by atoms with Crippen LogP contribution in [0.3, 0.4) is 0 Å². The summed E-state index contributed by atoms with van der Waals surface area (Å²) < 4.78 is 56.2. The molecule has 14 nitrogen and oxygen atoms in total. The minimum atomic E-state index is -4.66. The summed E-state index contributed by atoms with van der Waals surface area (Å²) in [4.78, 5) is 11.2. The predicted octanol–water partition coefficient (Wildman–Crippen LogP) is -0.929. The zero-order valence-electron chi connectivity index (χ0n) is 18.6. The highest BCUT2D eigenvalue weighted by Gasteiger charge is 2.32. The molecule has 188 valence electrons. The predicted molar refractivity (Wildman–Crippen MR) is 126 cm³/mol. The Morgan fingerprint density at radius 2 is 1.83 bits per heavy atom. The number of benzene rings is 2. The van der Waals surface area contributed by atoms with Crippen molar-refractivity contribution in [1.82, 2.24) is 20.6 Å². The number of tetrazole rings is 1. The van der Waals surface area contributed by atoms with Crippen molar-refractivity contribution >= 4 is 31.5 Å². The average Bonchev–Trinajstić information content (AvgIpc) is 3.35. The lowest BCUT2D eigenvalue weighted by Crippen LogP contribution is -2.22. The molecule has 16 heteroatoms. The fourth-order valence-electron chi connectivity index (χ4n) is 3.51. The number of hydrogen-bond donors (Lipinski definition) is 5. The number of nitrogens with two attached hydrogens (primary N) is 3. The zero-order valence-corrected chi connectivity index (χ0v) is 20.2. The third-order valence-corrected chi connectivity index (χ3v) is 7.81. The number of carbonyl (C=O) groups excluding carboxylic acids is 1. The number of ether oxygens (including phenoxy) is 1. The Kier molecular flexibility index (Phi) is 7.81. The first kappa shape index (κ1) is 26.2. The van der Waals surface area contributed by atoms with E-state index in [0.29, 0.717) is 5.56 Å². The molecular weight excluding hydrogens is 500 g/mol. The average molecular weight is 525 g/mol. The molecule has 1 aromatic heterocycles. The van der Waals surface area contributed by atoms with Crippen LogP contribution >= 0.6 is 0 Å². The minimum absolute atomic E-state index is 0.134. The Morgan fingerprint density at radius 3 is 2.40 bits per heavy atom. The number of para-hydroxylation sites is 1. The quantitative estimate of drug-likeness (QED) is 0.202. The van der Waals surface area contributed by atoms with Crippen molar-refractivity contribution in [1.29, 1.82) is 0 Å². The first-order chi connectivity index (χ1) is 16.6. The van der Waals surface area contributed by atoms with E-state index in [4.69, 9.17) is 21.3 Å². The molecule has 0 aliphatic heterocycles. The van der Waals surface area contributed by atoms with Gasteiger partial charge in [0.05, 0.1) is 34.6 Å². The van der Waals surface area contributed by atoms with Gasteiger partial charge in [-0.15, -0.1) is 10.2 Å². The van der Waals surface area contributed by atoms with Crippen molar-refractivity contribution in [3.63, 3.8) is 0 Å². The molecule has 0 bridgehead atoms. The smallest absolute Gasteiger partial charge is 0.339 e. The first-order valence-corrected chi connectivity index (χ1v) is 13.3. The van der Waals surface area contributed by atoms with Crippen LogP contribution < -0.4 is 21.9 Å². The molecule has 0 atom stereocenters. The maximum absolute atomic E-state index is 12.9. The maximum atomic E-state index is 12.9. The molecular formula is C19H24N8O6S2. The number of nitrogens with one attached hydrogen (secondary N) is 2. The Bertz CT molecular complexity index is 1440. The van der Waals surface area contributed by atoms with E-state index in [1.807, 2.05) is 0 Å². The lowest BCUT2D eigenvalue weighted by Gasteiger charge is -2.20. The Balaban J connectivity index is 2.50. The molecule has 0 aliphatic rings. The van der Waals surface area contributed by atoms with Crippen molar-refractivity contribution in [2.75, 3.05) is 37.8 Å². The number of anilines is 1. The molecule has 3 aromatic rings. The minimum Gasteiger partial charge on any atom is -0.465 e. The van der Waals surface area contributed by atoms with Gasteiger partial charge in [-0.2, -0.15) is 5.21 Å². The summed E-state index contributed by atoms with van der Waals surface area (Å²) >= 11 is 0. The number of esters is 1. The van der Waals surface area contributed by atoms with Gasteiger partial charge in [0.25, 0.3) is 0 Å². The van der Waals surface area contributed by atoms with Gasteiger partial charge in [0, 0.05) is 25.2 Å². The highest BCUT2D eigenvalue weighted by Crippen LogP contribution is 2.42. The monoisotopic (exact) mass is 524 g/mol. The molecule has 2 aromatic carbocycles. The normalized spacial score (nSPS) is 11.9. The van der Waals surface area contributed by atoms with Crippen molar-refractivity contribution in [3.8, 4) is 22.5 Å². The van der Waals surface area contributed by atoms with Gasteiger partial charge in [-0.05, 0) is 22.9 Å². The van der Waals surface area contributed by atoms with Crippen LogP contribution in [0.5, 0.6) is 0 Å². The molecule has 3 rings (SSSR count). The molecule has 8 N–H and O–H groups in total. The highest BCUT2D eigenvalue weighted by molar-refractivity contribution is 7.93. The molecule has 35 heavy (non-hydrogen) atoms. The van der Waals surface area contributed by atoms with E-state index >= 15 is 0 Å². The summed E-state index contributed by atoms with van der Waals surface area (Å²) in [6, 6.07) is 7.12. The summed E-state index contributed by atoms with van der Waals surface area (Å²) in [7, 11) is -7.61. The zero-order chi connectivity index (χ0) is 25.8. The standard InChI is InChI=1S/C19H24N8O6S2/c1-33-19(28)13-4-2-3-12(16(13)23-9-7-20)11-5-6-14(34(29,30)10-8-21)17(35(22,31)32)15(11)18-24-26-27-25-18/h2-6,23H,7-10,20-21H2,1H3,(H2,22,31,32)(H,24,25,26,27). The van der Waals surface area contributed by atoms with Gasteiger partial charge in [0.2, 0.25) is 15.8 Å². The van der Waals surface area contributed by atoms with Crippen LogP contribution in [-0.2, 0) is 24.6 Å². The molecule has 0 spiro atoms. The van der Waals surface area contributed by atoms with Crippen LogP contribution in [0.15, 0.2) is 40.1 Å². The second-order valence-electron chi connectivity index (χ2n) is 7.14. The van der Waals surface area contributed by atoms with Crippen LogP contribution in [0.25, 0.3) is 22.5 Å². The Morgan fingerprint density at radius 1 is 1.09 bits per heavy atom.